The van der Waals surface area contributed by atoms with Crippen LogP contribution in [0.3, 0.4) is 0 Å². The number of rotatable bonds is 5. The van der Waals surface area contributed by atoms with E-state index in [-0.39, 0.29) is 6.04 Å². The van der Waals surface area contributed by atoms with E-state index in [0.29, 0.717) is 5.25 Å². The first kappa shape index (κ1) is 10.8. The predicted octanol–water partition coefficient (Wildman–Crippen LogP) is 1.63. The predicted molar refractivity (Wildman–Crippen MR) is 50.7 cm³/mol. The fourth-order valence-electron chi connectivity index (χ4n) is 0.677. The van der Waals surface area contributed by atoms with Crippen molar-refractivity contribution >= 4 is 11.8 Å². The van der Waals surface area contributed by atoms with Crippen LogP contribution in [0.5, 0.6) is 0 Å². The van der Waals surface area contributed by atoms with Crippen LogP contribution < -0.4 is 5.32 Å². The topological polar surface area (TPSA) is 35.8 Å². The minimum Gasteiger partial charge on any atom is -0.302 e. The molecule has 0 spiro atoms. The second-order valence-electron chi connectivity index (χ2n) is 2.62. The largest absolute Gasteiger partial charge is 0.302 e. The Morgan fingerprint density at radius 2 is 2.18 bits per heavy atom. The van der Waals surface area contributed by atoms with Gasteiger partial charge in [0.25, 0.3) is 0 Å². The second kappa shape index (κ2) is 6.51. The van der Waals surface area contributed by atoms with Gasteiger partial charge in [-0.1, -0.05) is 20.8 Å². The highest BCUT2D eigenvalue weighted by atomic mass is 32.2. The van der Waals surface area contributed by atoms with Crippen molar-refractivity contribution in [3.63, 3.8) is 0 Å². The lowest BCUT2D eigenvalue weighted by molar-refractivity contribution is 0.677. The Balaban J connectivity index is 3.46. The summed E-state index contributed by atoms with van der Waals surface area (Å²) in [6.07, 6.45) is 0. The van der Waals surface area contributed by atoms with Crippen molar-refractivity contribution in [1.29, 1.82) is 5.26 Å². The molecule has 0 fully saturated rings. The first-order chi connectivity index (χ1) is 5.20. The summed E-state index contributed by atoms with van der Waals surface area (Å²) in [4.78, 5) is 0. The van der Waals surface area contributed by atoms with Gasteiger partial charge in [-0.2, -0.15) is 17.0 Å². The summed E-state index contributed by atoms with van der Waals surface area (Å²) in [5.74, 6) is 0.891. The molecule has 64 valence electrons. The van der Waals surface area contributed by atoms with Crippen LogP contribution in [0.15, 0.2) is 0 Å². The average molecular weight is 172 g/mol. The van der Waals surface area contributed by atoms with E-state index in [0.717, 1.165) is 12.3 Å². The van der Waals surface area contributed by atoms with Crippen molar-refractivity contribution in [1.82, 2.24) is 5.32 Å². The molecule has 0 aliphatic rings. The zero-order valence-electron chi connectivity index (χ0n) is 7.42. The third-order valence-electron chi connectivity index (χ3n) is 1.20. The summed E-state index contributed by atoms with van der Waals surface area (Å²) in [6, 6.07) is 2.25. The third-order valence-corrected chi connectivity index (χ3v) is 2.40. The summed E-state index contributed by atoms with van der Waals surface area (Å²) in [5, 5.41) is 12.4. The van der Waals surface area contributed by atoms with Gasteiger partial charge in [0.15, 0.2) is 0 Å². The Morgan fingerprint density at radius 3 is 2.55 bits per heavy atom. The zero-order valence-corrected chi connectivity index (χ0v) is 8.24. The van der Waals surface area contributed by atoms with Gasteiger partial charge in [0.1, 0.15) is 6.04 Å². The van der Waals surface area contributed by atoms with Crippen LogP contribution in [0.1, 0.15) is 20.8 Å². The van der Waals surface area contributed by atoms with E-state index in [4.69, 9.17) is 5.26 Å². The summed E-state index contributed by atoms with van der Waals surface area (Å²) >= 11 is 1.82. The average Bonchev–Trinajstić information content (AvgIpc) is 1.97. The molecule has 1 N–H and O–H groups in total. The molecule has 0 saturated carbocycles. The van der Waals surface area contributed by atoms with Crippen molar-refractivity contribution in [3.05, 3.63) is 0 Å². The molecule has 0 bridgehead atoms. The molecule has 2 nitrogen and oxygen atoms in total. The number of hydrogen-bond acceptors (Lipinski definition) is 3. The number of nitrogens with one attached hydrogen (secondary N) is 1. The summed E-state index contributed by atoms with van der Waals surface area (Å²) in [7, 11) is 0. The molecule has 0 heterocycles. The summed E-state index contributed by atoms with van der Waals surface area (Å²) in [5.41, 5.74) is 0. The third kappa shape index (κ3) is 6.21. The number of hydrogen-bond donors (Lipinski definition) is 1. The first-order valence-electron chi connectivity index (χ1n) is 3.95. The van der Waals surface area contributed by atoms with Gasteiger partial charge in [-0.05, 0) is 11.8 Å². The lowest BCUT2D eigenvalue weighted by Crippen LogP contribution is -2.29. The molecule has 0 aliphatic carbocycles. The quantitative estimate of drug-likeness (QED) is 0.684. The van der Waals surface area contributed by atoms with E-state index in [1.165, 1.54) is 0 Å². The van der Waals surface area contributed by atoms with Crippen LogP contribution in [0, 0.1) is 11.3 Å². The lowest BCUT2D eigenvalue weighted by atomic mass is 10.4. The van der Waals surface area contributed by atoms with E-state index in [1.54, 1.807) is 0 Å². The van der Waals surface area contributed by atoms with Gasteiger partial charge < -0.3 is 5.32 Å². The highest BCUT2D eigenvalue weighted by Crippen LogP contribution is 2.09. The molecular formula is C8H16N2S. The van der Waals surface area contributed by atoms with Crippen LogP contribution in [-0.2, 0) is 0 Å². The molecule has 3 heteroatoms. The molecule has 0 radical (unpaired) electrons. The Bertz CT molecular complexity index is 129. The number of nitrogens with zero attached hydrogens (tertiary/aromatic N) is 1. The molecule has 0 aromatic carbocycles. The van der Waals surface area contributed by atoms with Crippen molar-refractivity contribution in [3.8, 4) is 6.07 Å². The van der Waals surface area contributed by atoms with Crippen LogP contribution in [0.2, 0.25) is 0 Å². The number of nitriles is 1. The van der Waals surface area contributed by atoms with Crippen molar-refractivity contribution in [2.24, 2.45) is 0 Å². The molecule has 11 heavy (non-hydrogen) atoms. The van der Waals surface area contributed by atoms with Crippen molar-refractivity contribution < 1.29 is 0 Å². The van der Waals surface area contributed by atoms with Crippen molar-refractivity contribution in [2.45, 2.75) is 32.1 Å². The zero-order chi connectivity index (χ0) is 8.69. The van der Waals surface area contributed by atoms with E-state index in [9.17, 15) is 0 Å². The SMILES string of the molecule is CCNC(C#N)CSC(C)C. The molecule has 0 aromatic rings. The maximum Gasteiger partial charge on any atom is 0.104 e. The van der Waals surface area contributed by atoms with Crippen LogP contribution in [-0.4, -0.2) is 23.6 Å². The molecule has 1 atom stereocenters. The molecule has 0 saturated heterocycles. The van der Waals surface area contributed by atoms with E-state index in [2.05, 4.69) is 25.2 Å². The maximum absolute atomic E-state index is 8.64. The highest BCUT2D eigenvalue weighted by Gasteiger charge is 2.05. The molecular weight excluding hydrogens is 156 g/mol. The number of thioether (sulfide) groups is 1. The van der Waals surface area contributed by atoms with Crippen LogP contribution >= 0.6 is 11.8 Å². The van der Waals surface area contributed by atoms with Gasteiger partial charge in [0.05, 0.1) is 6.07 Å². The standard InChI is InChI=1S/C8H16N2S/c1-4-10-8(5-9)6-11-7(2)3/h7-8,10H,4,6H2,1-3H3. The normalized spacial score (nSPS) is 13.0. The van der Waals surface area contributed by atoms with E-state index in [1.807, 2.05) is 18.7 Å². The lowest BCUT2D eigenvalue weighted by Gasteiger charge is -2.10. The Labute approximate surface area is 73.4 Å². The Hall–Kier alpha value is -0.200. The molecule has 0 amide bonds. The minimum absolute atomic E-state index is 0.0207. The second-order valence-corrected chi connectivity index (χ2v) is 4.23. The van der Waals surface area contributed by atoms with Gasteiger partial charge in [0, 0.05) is 5.75 Å². The Morgan fingerprint density at radius 1 is 1.55 bits per heavy atom. The summed E-state index contributed by atoms with van der Waals surface area (Å²) < 4.78 is 0. The molecule has 0 rings (SSSR count). The molecule has 0 aliphatic heterocycles. The van der Waals surface area contributed by atoms with E-state index >= 15 is 0 Å². The first-order valence-corrected chi connectivity index (χ1v) is 5.00. The van der Waals surface area contributed by atoms with Crippen LogP contribution in [0.4, 0.5) is 0 Å². The maximum atomic E-state index is 8.64. The fourth-order valence-corrected chi connectivity index (χ4v) is 1.45. The van der Waals surface area contributed by atoms with Crippen molar-refractivity contribution in [2.75, 3.05) is 12.3 Å². The molecule has 0 aromatic heterocycles. The van der Waals surface area contributed by atoms with Gasteiger partial charge >= 0.3 is 0 Å². The van der Waals surface area contributed by atoms with Gasteiger partial charge in [-0.25, -0.2) is 0 Å². The van der Waals surface area contributed by atoms with Gasteiger partial charge in [-0.3, -0.25) is 0 Å². The van der Waals surface area contributed by atoms with Gasteiger partial charge in [0.2, 0.25) is 0 Å². The van der Waals surface area contributed by atoms with Gasteiger partial charge in [-0.15, -0.1) is 0 Å². The van der Waals surface area contributed by atoms with E-state index < -0.39 is 0 Å². The summed E-state index contributed by atoms with van der Waals surface area (Å²) in [6.45, 7) is 7.18. The van der Waals surface area contributed by atoms with Crippen LogP contribution in [0.25, 0.3) is 0 Å². The smallest absolute Gasteiger partial charge is 0.104 e. The monoisotopic (exact) mass is 172 g/mol. The fraction of sp³-hybridized carbons (Fsp3) is 0.875. The minimum atomic E-state index is 0.0207. The highest BCUT2D eigenvalue weighted by molar-refractivity contribution is 7.99. The Kier molecular flexibility index (Phi) is 6.39. The molecule has 1 unspecified atom stereocenters.